The highest BCUT2D eigenvalue weighted by atomic mass is 19.1. The van der Waals surface area contributed by atoms with Crippen molar-refractivity contribution in [2.45, 2.75) is 13.8 Å². The number of hydrogen-bond acceptors (Lipinski definition) is 3. The Kier molecular flexibility index (Phi) is 2.95. The van der Waals surface area contributed by atoms with Gasteiger partial charge < -0.3 is 0 Å². The van der Waals surface area contributed by atoms with Gasteiger partial charge in [0.05, 0.1) is 11.4 Å². The molecule has 0 atom stereocenters. The van der Waals surface area contributed by atoms with E-state index in [4.69, 9.17) is 0 Å². The second-order valence-electron chi connectivity index (χ2n) is 3.82. The van der Waals surface area contributed by atoms with Crippen LogP contribution in [-0.2, 0) is 0 Å². The van der Waals surface area contributed by atoms with Crippen LogP contribution in [0.1, 0.15) is 27.3 Å². The van der Waals surface area contributed by atoms with E-state index in [1.807, 2.05) is 0 Å². The fourth-order valence-corrected chi connectivity index (χ4v) is 1.54. The number of carbonyl (C=O) groups excluding carboxylic acids is 1. The van der Waals surface area contributed by atoms with E-state index in [0.717, 1.165) is 0 Å². The Morgan fingerprint density at radius 3 is 2.41 bits per heavy atom. The van der Waals surface area contributed by atoms with Crippen molar-refractivity contribution < 1.29 is 9.18 Å². The van der Waals surface area contributed by atoms with Gasteiger partial charge in [0.15, 0.2) is 5.78 Å². The summed E-state index contributed by atoms with van der Waals surface area (Å²) in [6, 6.07) is 7.15. The Morgan fingerprint density at radius 2 is 1.76 bits per heavy atom. The summed E-state index contributed by atoms with van der Waals surface area (Å²) in [5, 5.41) is 7.77. The summed E-state index contributed by atoms with van der Waals surface area (Å²) in [4.78, 5) is 12.1. The van der Waals surface area contributed by atoms with E-state index >= 15 is 0 Å². The Balaban J connectivity index is 2.43. The van der Waals surface area contributed by atoms with Gasteiger partial charge in [0.25, 0.3) is 0 Å². The van der Waals surface area contributed by atoms with Gasteiger partial charge in [0, 0.05) is 11.1 Å². The molecule has 0 N–H and O–H groups in total. The molecule has 86 valence electrons. The summed E-state index contributed by atoms with van der Waals surface area (Å²) in [6.45, 7) is 3.50. The SMILES string of the molecule is Cc1cc(C(=O)c2ccc(F)cc2)c(C)nn1. The molecular formula is C13H11FN2O. The quantitative estimate of drug-likeness (QED) is 0.744. The van der Waals surface area contributed by atoms with Crippen LogP contribution in [0, 0.1) is 19.7 Å². The first-order chi connectivity index (χ1) is 8.08. The van der Waals surface area contributed by atoms with Crippen LogP contribution >= 0.6 is 0 Å². The number of rotatable bonds is 2. The lowest BCUT2D eigenvalue weighted by molar-refractivity contribution is 0.103. The highest BCUT2D eigenvalue weighted by molar-refractivity contribution is 6.09. The molecule has 0 unspecified atom stereocenters. The van der Waals surface area contributed by atoms with Crippen LogP contribution in [0.4, 0.5) is 4.39 Å². The van der Waals surface area contributed by atoms with E-state index in [9.17, 15) is 9.18 Å². The summed E-state index contributed by atoms with van der Waals surface area (Å²) < 4.78 is 12.8. The molecule has 2 rings (SSSR count). The van der Waals surface area contributed by atoms with Crippen LogP contribution in [0.25, 0.3) is 0 Å². The smallest absolute Gasteiger partial charge is 0.194 e. The molecule has 1 heterocycles. The Hall–Kier alpha value is -2.10. The van der Waals surface area contributed by atoms with Crippen molar-refractivity contribution in [2.75, 3.05) is 0 Å². The lowest BCUT2D eigenvalue weighted by Gasteiger charge is -2.04. The predicted octanol–water partition coefficient (Wildman–Crippen LogP) is 2.46. The minimum atomic E-state index is -0.359. The first kappa shape index (κ1) is 11.4. The van der Waals surface area contributed by atoms with E-state index in [2.05, 4.69) is 10.2 Å². The van der Waals surface area contributed by atoms with Crippen molar-refractivity contribution in [3.05, 3.63) is 58.7 Å². The Labute approximate surface area is 98.3 Å². The summed E-state index contributed by atoms with van der Waals surface area (Å²) >= 11 is 0. The number of carbonyl (C=O) groups is 1. The largest absolute Gasteiger partial charge is 0.289 e. The van der Waals surface area contributed by atoms with Crippen molar-refractivity contribution in [3.63, 3.8) is 0 Å². The van der Waals surface area contributed by atoms with Gasteiger partial charge in [-0.15, -0.1) is 0 Å². The highest BCUT2D eigenvalue weighted by Crippen LogP contribution is 2.13. The van der Waals surface area contributed by atoms with Gasteiger partial charge in [0.1, 0.15) is 5.82 Å². The number of nitrogens with zero attached hydrogens (tertiary/aromatic N) is 2. The highest BCUT2D eigenvalue weighted by Gasteiger charge is 2.13. The molecule has 4 heteroatoms. The Bertz CT molecular complexity index is 564. The van der Waals surface area contributed by atoms with Crippen LogP contribution in [0.15, 0.2) is 30.3 Å². The first-order valence-corrected chi connectivity index (χ1v) is 5.19. The van der Waals surface area contributed by atoms with Crippen LogP contribution in [-0.4, -0.2) is 16.0 Å². The number of benzene rings is 1. The molecule has 2 aromatic rings. The van der Waals surface area contributed by atoms with Crippen molar-refractivity contribution in [1.82, 2.24) is 10.2 Å². The number of halogens is 1. The van der Waals surface area contributed by atoms with Crippen molar-refractivity contribution >= 4 is 5.78 Å². The summed E-state index contributed by atoms with van der Waals surface area (Å²) in [6.07, 6.45) is 0. The van der Waals surface area contributed by atoms with E-state index in [1.165, 1.54) is 24.3 Å². The van der Waals surface area contributed by atoms with Gasteiger partial charge >= 0.3 is 0 Å². The fraction of sp³-hybridized carbons (Fsp3) is 0.154. The number of hydrogen-bond donors (Lipinski definition) is 0. The average molecular weight is 230 g/mol. The minimum Gasteiger partial charge on any atom is -0.289 e. The minimum absolute atomic E-state index is 0.166. The third-order valence-electron chi connectivity index (χ3n) is 2.45. The first-order valence-electron chi connectivity index (χ1n) is 5.19. The molecule has 0 aliphatic carbocycles. The van der Waals surface area contributed by atoms with E-state index in [-0.39, 0.29) is 11.6 Å². The van der Waals surface area contributed by atoms with Gasteiger partial charge in [-0.1, -0.05) is 0 Å². The summed E-state index contributed by atoms with van der Waals surface area (Å²) in [5.41, 5.74) is 2.21. The van der Waals surface area contributed by atoms with E-state index < -0.39 is 0 Å². The average Bonchev–Trinajstić information content (AvgIpc) is 2.32. The van der Waals surface area contributed by atoms with Crippen molar-refractivity contribution in [2.24, 2.45) is 0 Å². The van der Waals surface area contributed by atoms with Crippen LogP contribution in [0.5, 0.6) is 0 Å². The molecule has 0 amide bonds. The zero-order valence-corrected chi connectivity index (χ0v) is 9.57. The molecule has 0 bridgehead atoms. The zero-order valence-electron chi connectivity index (χ0n) is 9.57. The molecule has 0 saturated heterocycles. The maximum absolute atomic E-state index is 12.8. The van der Waals surface area contributed by atoms with E-state index in [1.54, 1.807) is 19.9 Å². The summed E-state index contributed by atoms with van der Waals surface area (Å²) in [5.74, 6) is -0.525. The van der Waals surface area contributed by atoms with Gasteiger partial charge in [-0.25, -0.2) is 4.39 Å². The third-order valence-corrected chi connectivity index (χ3v) is 2.45. The fourth-order valence-electron chi connectivity index (χ4n) is 1.54. The number of aryl methyl sites for hydroxylation is 2. The Morgan fingerprint density at radius 1 is 1.12 bits per heavy atom. The molecule has 17 heavy (non-hydrogen) atoms. The maximum atomic E-state index is 12.8. The molecule has 0 fully saturated rings. The van der Waals surface area contributed by atoms with Crippen LogP contribution < -0.4 is 0 Å². The monoisotopic (exact) mass is 230 g/mol. The second kappa shape index (κ2) is 4.41. The molecular weight excluding hydrogens is 219 g/mol. The molecule has 0 aliphatic heterocycles. The van der Waals surface area contributed by atoms with Gasteiger partial charge in [0.2, 0.25) is 0 Å². The topological polar surface area (TPSA) is 42.9 Å². The number of ketones is 1. The lowest BCUT2D eigenvalue weighted by atomic mass is 10.0. The maximum Gasteiger partial charge on any atom is 0.194 e. The van der Waals surface area contributed by atoms with Gasteiger partial charge in [-0.05, 0) is 44.2 Å². The zero-order chi connectivity index (χ0) is 12.4. The molecule has 1 aromatic heterocycles. The molecule has 1 aromatic carbocycles. The lowest BCUT2D eigenvalue weighted by Crippen LogP contribution is -2.07. The molecule has 0 saturated carbocycles. The molecule has 3 nitrogen and oxygen atoms in total. The standard InChI is InChI=1S/C13H11FN2O/c1-8-7-12(9(2)16-15-8)13(17)10-3-5-11(14)6-4-10/h3-7H,1-2H3. The third kappa shape index (κ3) is 2.36. The number of aromatic nitrogens is 2. The molecule has 0 aliphatic rings. The second-order valence-corrected chi connectivity index (χ2v) is 3.82. The van der Waals surface area contributed by atoms with Crippen molar-refractivity contribution in [1.29, 1.82) is 0 Å². The van der Waals surface area contributed by atoms with Crippen molar-refractivity contribution in [3.8, 4) is 0 Å². The van der Waals surface area contributed by atoms with E-state index in [0.29, 0.717) is 22.5 Å². The van der Waals surface area contributed by atoms with Gasteiger partial charge in [-0.3, -0.25) is 4.79 Å². The van der Waals surface area contributed by atoms with Crippen LogP contribution in [0.3, 0.4) is 0 Å². The molecule has 0 spiro atoms. The predicted molar refractivity (Wildman–Crippen MR) is 61.3 cm³/mol. The van der Waals surface area contributed by atoms with Gasteiger partial charge in [-0.2, -0.15) is 10.2 Å². The molecule has 0 radical (unpaired) electrons. The normalized spacial score (nSPS) is 10.3. The van der Waals surface area contributed by atoms with Crippen LogP contribution in [0.2, 0.25) is 0 Å². The summed E-state index contributed by atoms with van der Waals surface area (Å²) in [7, 11) is 0.